The molecule has 0 saturated heterocycles. The maximum atomic E-state index is 8.93. The van der Waals surface area contributed by atoms with Crippen molar-refractivity contribution in [2.24, 2.45) is 0 Å². The summed E-state index contributed by atoms with van der Waals surface area (Å²) >= 11 is 0. The van der Waals surface area contributed by atoms with E-state index in [0.29, 0.717) is 5.56 Å². The van der Waals surface area contributed by atoms with Crippen LogP contribution in [0.25, 0.3) is 0 Å². The van der Waals surface area contributed by atoms with E-state index in [1.807, 2.05) is 55.3 Å². The van der Waals surface area contributed by atoms with E-state index in [4.69, 9.17) is 11.0 Å². The van der Waals surface area contributed by atoms with E-state index in [9.17, 15) is 0 Å². The maximum Gasteiger partial charge on any atom is 0.0992 e. The first kappa shape index (κ1) is 12.0. The predicted molar refractivity (Wildman–Crippen MR) is 74.8 cm³/mol. The lowest BCUT2D eigenvalue weighted by molar-refractivity contribution is 1.19. The lowest BCUT2D eigenvalue weighted by Gasteiger charge is -2.23. The van der Waals surface area contributed by atoms with Crippen LogP contribution in [0.1, 0.15) is 11.1 Å². The number of nitrogens with two attached hydrogens (primary N) is 1. The number of nitrogens with zero attached hydrogens (tertiary/aromatic N) is 2. The topological polar surface area (TPSA) is 53.0 Å². The zero-order chi connectivity index (χ0) is 13.1. The molecular weight excluding hydrogens is 222 g/mol. The van der Waals surface area contributed by atoms with Gasteiger partial charge in [0.2, 0.25) is 0 Å². The Kier molecular flexibility index (Phi) is 3.20. The average molecular weight is 237 g/mol. The van der Waals surface area contributed by atoms with E-state index in [1.165, 1.54) is 0 Å². The molecule has 3 heteroatoms. The van der Waals surface area contributed by atoms with Crippen LogP contribution in [0.4, 0.5) is 17.1 Å². The van der Waals surface area contributed by atoms with Gasteiger partial charge < -0.3 is 10.6 Å². The first-order chi connectivity index (χ1) is 8.63. The van der Waals surface area contributed by atoms with Gasteiger partial charge in [-0.25, -0.2) is 0 Å². The van der Waals surface area contributed by atoms with Crippen molar-refractivity contribution >= 4 is 17.1 Å². The SMILES string of the molecule is Cc1cccc(N)c1N(C)c1cccc(C#N)c1. The minimum absolute atomic E-state index is 0.645. The van der Waals surface area contributed by atoms with Gasteiger partial charge >= 0.3 is 0 Å². The van der Waals surface area contributed by atoms with Crippen LogP contribution in [0.15, 0.2) is 42.5 Å². The van der Waals surface area contributed by atoms with Crippen molar-refractivity contribution < 1.29 is 0 Å². The highest BCUT2D eigenvalue weighted by Gasteiger charge is 2.10. The molecule has 0 fully saturated rings. The third-order valence-electron chi connectivity index (χ3n) is 2.97. The number of benzene rings is 2. The molecule has 18 heavy (non-hydrogen) atoms. The van der Waals surface area contributed by atoms with E-state index < -0.39 is 0 Å². The van der Waals surface area contributed by atoms with Gasteiger partial charge in [-0.3, -0.25) is 0 Å². The summed E-state index contributed by atoms with van der Waals surface area (Å²) in [7, 11) is 1.95. The highest BCUT2D eigenvalue weighted by molar-refractivity contribution is 5.77. The fourth-order valence-corrected chi connectivity index (χ4v) is 2.05. The van der Waals surface area contributed by atoms with Gasteiger partial charge in [0.25, 0.3) is 0 Å². The van der Waals surface area contributed by atoms with E-state index in [1.54, 1.807) is 6.07 Å². The second kappa shape index (κ2) is 4.80. The van der Waals surface area contributed by atoms with Gasteiger partial charge in [0.1, 0.15) is 0 Å². The van der Waals surface area contributed by atoms with Crippen LogP contribution in [0.5, 0.6) is 0 Å². The number of rotatable bonds is 2. The predicted octanol–water partition coefficient (Wildman–Crippen LogP) is 3.22. The third-order valence-corrected chi connectivity index (χ3v) is 2.97. The quantitative estimate of drug-likeness (QED) is 0.816. The Hall–Kier alpha value is -2.47. The highest BCUT2D eigenvalue weighted by atomic mass is 15.1. The molecule has 90 valence electrons. The molecule has 2 aromatic rings. The molecule has 0 amide bonds. The maximum absolute atomic E-state index is 8.93. The molecule has 2 rings (SSSR count). The van der Waals surface area contributed by atoms with Crippen molar-refractivity contribution in [3.63, 3.8) is 0 Å². The molecule has 0 bridgehead atoms. The molecular formula is C15H15N3. The highest BCUT2D eigenvalue weighted by Crippen LogP contribution is 2.32. The molecule has 0 atom stereocenters. The Morgan fingerprint density at radius 1 is 1.17 bits per heavy atom. The third kappa shape index (κ3) is 2.14. The largest absolute Gasteiger partial charge is 0.397 e. The molecule has 0 aromatic heterocycles. The molecule has 0 aliphatic heterocycles. The van der Waals surface area contributed by atoms with Crippen LogP contribution in [0.2, 0.25) is 0 Å². The van der Waals surface area contributed by atoms with E-state index >= 15 is 0 Å². The van der Waals surface area contributed by atoms with Gasteiger partial charge in [-0.2, -0.15) is 5.26 Å². The second-order valence-corrected chi connectivity index (χ2v) is 4.23. The van der Waals surface area contributed by atoms with Crippen LogP contribution in [-0.4, -0.2) is 7.05 Å². The zero-order valence-electron chi connectivity index (χ0n) is 10.5. The summed E-state index contributed by atoms with van der Waals surface area (Å²) in [5, 5.41) is 8.93. The molecule has 0 heterocycles. The molecule has 0 spiro atoms. The Bertz CT molecular complexity index is 591. The second-order valence-electron chi connectivity index (χ2n) is 4.23. The smallest absolute Gasteiger partial charge is 0.0992 e. The summed E-state index contributed by atoms with van der Waals surface area (Å²) < 4.78 is 0. The number of anilines is 3. The van der Waals surface area contributed by atoms with Crippen LogP contribution < -0.4 is 10.6 Å². The van der Waals surface area contributed by atoms with E-state index in [-0.39, 0.29) is 0 Å². The molecule has 0 radical (unpaired) electrons. The van der Waals surface area contributed by atoms with Gasteiger partial charge in [-0.1, -0.05) is 18.2 Å². The monoisotopic (exact) mass is 237 g/mol. The first-order valence-electron chi connectivity index (χ1n) is 5.72. The molecule has 0 saturated carbocycles. The lowest BCUT2D eigenvalue weighted by atomic mass is 10.1. The van der Waals surface area contributed by atoms with E-state index in [0.717, 1.165) is 22.6 Å². The van der Waals surface area contributed by atoms with Crippen LogP contribution in [-0.2, 0) is 0 Å². The number of hydrogen-bond donors (Lipinski definition) is 1. The first-order valence-corrected chi connectivity index (χ1v) is 5.72. The number of nitrogen functional groups attached to an aromatic ring is 1. The van der Waals surface area contributed by atoms with Gasteiger partial charge in [-0.05, 0) is 36.8 Å². The lowest BCUT2D eigenvalue weighted by Crippen LogP contribution is -2.13. The Balaban J connectivity index is 2.48. The minimum atomic E-state index is 0.645. The molecule has 3 nitrogen and oxygen atoms in total. The van der Waals surface area contributed by atoms with Crippen molar-refractivity contribution in [1.82, 2.24) is 0 Å². The number of nitriles is 1. The fourth-order valence-electron chi connectivity index (χ4n) is 2.05. The van der Waals surface area contributed by atoms with Crippen LogP contribution in [0, 0.1) is 18.3 Å². The summed E-state index contributed by atoms with van der Waals surface area (Å²) in [6, 6.07) is 15.5. The summed E-state index contributed by atoms with van der Waals surface area (Å²) in [5.41, 5.74) is 10.4. The average Bonchev–Trinajstić information content (AvgIpc) is 2.38. The zero-order valence-corrected chi connectivity index (χ0v) is 10.5. The van der Waals surface area contributed by atoms with Gasteiger partial charge in [-0.15, -0.1) is 0 Å². The van der Waals surface area contributed by atoms with Gasteiger partial charge in [0, 0.05) is 12.7 Å². The number of aryl methyl sites for hydroxylation is 1. The van der Waals surface area contributed by atoms with Crippen molar-refractivity contribution in [1.29, 1.82) is 5.26 Å². The summed E-state index contributed by atoms with van der Waals surface area (Å²) in [5.74, 6) is 0. The minimum Gasteiger partial charge on any atom is -0.397 e. The van der Waals surface area contributed by atoms with Crippen molar-refractivity contribution in [3.8, 4) is 6.07 Å². The normalized spacial score (nSPS) is 9.83. The van der Waals surface area contributed by atoms with Gasteiger partial charge in [0.05, 0.1) is 23.0 Å². The molecule has 0 aliphatic carbocycles. The molecule has 2 aromatic carbocycles. The Morgan fingerprint density at radius 3 is 2.56 bits per heavy atom. The van der Waals surface area contributed by atoms with Crippen molar-refractivity contribution in [2.45, 2.75) is 6.92 Å². The number of para-hydroxylation sites is 1. The van der Waals surface area contributed by atoms with Crippen LogP contribution >= 0.6 is 0 Å². The standard InChI is InChI=1S/C15H15N3/c1-11-5-3-8-14(17)15(11)18(2)13-7-4-6-12(9-13)10-16/h3-9H,17H2,1-2H3. The van der Waals surface area contributed by atoms with Crippen LogP contribution in [0.3, 0.4) is 0 Å². The summed E-state index contributed by atoms with van der Waals surface area (Å²) in [4.78, 5) is 2.01. The van der Waals surface area contributed by atoms with Crippen molar-refractivity contribution in [3.05, 3.63) is 53.6 Å². The molecule has 0 aliphatic rings. The summed E-state index contributed by atoms with van der Waals surface area (Å²) in [6.07, 6.45) is 0. The fraction of sp³-hybridized carbons (Fsp3) is 0.133. The van der Waals surface area contributed by atoms with E-state index in [2.05, 4.69) is 6.07 Å². The summed E-state index contributed by atoms with van der Waals surface area (Å²) in [6.45, 7) is 2.02. The molecule has 2 N–H and O–H groups in total. The number of hydrogen-bond acceptors (Lipinski definition) is 3. The Morgan fingerprint density at radius 2 is 1.89 bits per heavy atom. The van der Waals surface area contributed by atoms with Gasteiger partial charge in [0.15, 0.2) is 0 Å². The van der Waals surface area contributed by atoms with Crippen molar-refractivity contribution in [2.75, 3.05) is 17.7 Å². The Labute approximate surface area is 107 Å². The molecule has 0 unspecified atom stereocenters.